The Kier molecular flexibility index (Phi) is 4.11. The summed E-state index contributed by atoms with van der Waals surface area (Å²) in [6.07, 6.45) is -4.16. The summed E-state index contributed by atoms with van der Waals surface area (Å²) >= 11 is 8.73. The van der Waals surface area contributed by atoms with Crippen LogP contribution in [0.2, 0.25) is 0 Å². The van der Waals surface area contributed by atoms with E-state index in [1.807, 2.05) is 0 Å². The Morgan fingerprint density at radius 3 is 2.58 bits per heavy atom. The number of hydrogen-bond donors (Lipinski definition) is 0. The van der Waals surface area contributed by atoms with E-state index in [9.17, 15) is 18.0 Å². The topological polar surface area (TPSA) is 20.3 Å². The van der Waals surface area contributed by atoms with Crippen molar-refractivity contribution in [1.82, 2.24) is 0 Å². The van der Waals surface area contributed by atoms with Crippen LogP contribution >= 0.6 is 27.5 Å². The van der Waals surface area contributed by atoms with E-state index in [0.29, 0.717) is 16.9 Å². The van der Waals surface area contributed by atoms with Gasteiger partial charge in [0.25, 0.3) is 0 Å². The molecule has 1 aliphatic heterocycles. The first-order valence-corrected chi connectivity index (χ1v) is 6.88. The molecule has 2 rings (SSSR count). The number of benzene rings is 1. The zero-order chi connectivity index (χ0) is 14.2. The lowest BCUT2D eigenvalue weighted by atomic mass is 10.1. The molecule has 1 saturated heterocycles. The van der Waals surface area contributed by atoms with Crippen molar-refractivity contribution in [2.45, 2.75) is 12.6 Å². The zero-order valence-corrected chi connectivity index (χ0v) is 12.0. The predicted octanol–water partition coefficient (Wildman–Crippen LogP) is 4.06. The summed E-state index contributed by atoms with van der Waals surface area (Å²) in [5.74, 6) is 0.113. The summed E-state index contributed by atoms with van der Waals surface area (Å²) in [5.41, 5.74) is -0.529. The predicted molar refractivity (Wildman–Crippen MR) is 70.3 cm³/mol. The number of anilines is 1. The number of rotatable bonds is 2. The van der Waals surface area contributed by atoms with E-state index in [0.717, 1.165) is 12.1 Å². The first-order valence-electron chi connectivity index (χ1n) is 5.55. The van der Waals surface area contributed by atoms with Crippen molar-refractivity contribution in [3.05, 3.63) is 28.2 Å². The summed E-state index contributed by atoms with van der Waals surface area (Å²) in [6, 6.07) is 3.48. The largest absolute Gasteiger partial charge is 0.416 e. The van der Waals surface area contributed by atoms with Crippen LogP contribution in [0.25, 0.3) is 0 Å². The maximum absolute atomic E-state index is 12.7. The molecule has 7 heteroatoms. The molecule has 2 nitrogen and oxygen atoms in total. The Balaban J connectivity index is 2.35. The minimum atomic E-state index is -4.44. The maximum Gasteiger partial charge on any atom is 0.416 e. The molecule has 1 fully saturated rings. The van der Waals surface area contributed by atoms with Crippen LogP contribution < -0.4 is 4.90 Å². The van der Waals surface area contributed by atoms with Crippen LogP contribution in [0.4, 0.5) is 18.9 Å². The van der Waals surface area contributed by atoms with Crippen molar-refractivity contribution in [3.63, 3.8) is 0 Å². The summed E-state index contributed by atoms with van der Waals surface area (Å²) in [5, 5.41) is 0. The molecule has 1 amide bonds. The van der Waals surface area contributed by atoms with Gasteiger partial charge in [0.1, 0.15) is 0 Å². The number of hydrogen-bond acceptors (Lipinski definition) is 1. The van der Waals surface area contributed by atoms with Crippen LogP contribution in [-0.4, -0.2) is 18.3 Å². The average Bonchev–Trinajstić information content (AvgIpc) is 2.68. The van der Waals surface area contributed by atoms with Crippen LogP contribution in [0.1, 0.15) is 12.0 Å². The third kappa shape index (κ3) is 3.23. The highest BCUT2D eigenvalue weighted by molar-refractivity contribution is 9.10. The van der Waals surface area contributed by atoms with Crippen LogP contribution in [0.3, 0.4) is 0 Å². The molecule has 0 aliphatic carbocycles. The molecule has 0 aromatic heterocycles. The van der Waals surface area contributed by atoms with Gasteiger partial charge < -0.3 is 4.90 Å². The van der Waals surface area contributed by atoms with Crippen molar-refractivity contribution in [1.29, 1.82) is 0 Å². The average molecular weight is 357 g/mol. The summed E-state index contributed by atoms with van der Waals surface area (Å²) in [7, 11) is 0. The van der Waals surface area contributed by atoms with Gasteiger partial charge in [-0.15, -0.1) is 11.6 Å². The summed E-state index contributed by atoms with van der Waals surface area (Å²) in [4.78, 5) is 13.1. The molecular weight excluding hydrogens is 346 g/mol. The zero-order valence-electron chi connectivity index (χ0n) is 9.68. The third-order valence-corrected chi connectivity index (χ3v) is 3.84. The van der Waals surface area contributed by atoms with E-state index in [1.54, 1.807) is 0 Å². The first-order chi connectivity index (χ1) is 8.81. The van der Waals surface area contributed by atoms with Crippen molar-refractivity contribution < 1.29 is 18.0 Å². The van der Waals surface area contributed by atoms with Gasteiger partial charge >= 0.3 is 6.18 Å². The second kappa shape index (κ2) is 5.32. The van der Waals surface area contributed by atoms with E-state index < -0.39 is 11.7 Å². The highest BCUT2D eigenvalue weighted by Crippen LogP contribution is 2.36. The fourth-order valence-electron chi connectivity index (χ4n) is 2.03. The van der Waals surface area contributed by atoms with E-state index in [1.165, 1.54) is 11.0 Å². The number of amides is 1. The number of carbonyl (C=O) groups excluding carboxylic acids is 1. The number of nitrogens with zero attached hydrogens (tertiary/aromatic N) is 1. The number of alkyl halides is 4. The van der Waals surface area contributed by atoms with E-state index >= 15 is 0 Å². The monoisotopic (exact) mass is 355 g/mol. The molecule has 1 atom stereocenters. The Morgan fingerprint density at radius 2 is 2.05 bits per heavy atom. The van der Waals surface area contributed by atoms with Gasteiger partial charge in [0.15, 0.2) is 0 Å². The van der Waals surface area contributed by atoms with Crippen molar-refractivity contribution in [2.24, 2.45) is 5.92 Å². The van der Waals surface area contributed by atoms with E-state index in [2.05, 4.69) is 15.9 Å². The molecule has 1 aliphatic rings. The lowest BCUT2D eigenvalue weighted by Gasteiger charge is -2.18. The van der Waals surface area contributed by atoms with Crippen LogP contribution in [0.5, 0.6) is 0 Å². The Hall–Kier alpha value is -0.750. The fraction of sp³-hybridized carbons (Fsp3) is 0.417. The number of halogens is 5. The molecule has 0 N–H and O–H groups in total. The van der Waals surface area contributed by atoms with E-state index in [-0.39, 0.29) is 23.9 Å². The van der Waals surface area contributed by atoms with Gasteiger partial charge in [0.2, 0.25) is 5.91 Å². The van der Waals surface area contributed by atoms with E-state index in [4.69, 9.17) is 11.6 Å². The van der Waals surface area contributed by atoms with Gasteiger partial charge in [-0.3, -0.25) is 4.79 Å². The van der Waals surface area contributed by atoms with Crippen LogP contribution in [-0.2, 0) is 11.0 Å². The standard InChI is InChI=1S/C12H10BrClF3NO/c13-9-2-8(12(15,16)17)3-10(4-9)18-6-7(5-14)1-11(18)19/h2-4,7H,1,5-6H2. The lowest BCUT2D eigenvalue weighted by Crippen LogP contribution is -2.25. The SMILES string of the molecule is O=C1CC(CCl)CN1c1cc(Br)cc(C(F)(F)F)c1. The van der Waals surface area contributed by atoms with Gasteiger partial charge in [-0.25, -0.2) is 0 Å². The molecule has 1 aromatic carbocycles. The van der Waals surface area contributed by atoms with Gasteiger partial charge in [0.05, 0.1) is 5.56 Å². The van der Waals surface area contributed by atoms with Crippen molar-refractivity contribution in [2.75, 3.05) is 17.3 Å². The molecule has 0 spiro atoms. The molecular formula is C12H10BrClF3NO. The highest BCUT2D eigenvalue weighted by Gasteiger charge is 2.34. The minimum Gasteiger partial charge on any atom is -0.312 e. The smallest absolute Gasteiger partial charge is 0.312 e. The third-order valence-electron chi connectivity index (χ3n) is 2.94. The second-order valence-electron chi connectivity index (χ2n) is 4.42. The van der Waals surface area contributed by atoms with Gasteiger partial charge in [-0.1, -0.05) is 15.9 Å². The first kappa shape index (κ1) is 14.7. The molecule has 1 heterocycles. The Morgan fingerprint density at radius 1 is 1.37 bits per heavy atom. The highest BCUT2D eigenvalue weighted by atomic mass is 79.9. The van der Waals surface area contributed by atoms with Gasteiger partial charge in [-0.05, 0) is 24.1 Å². The second-order valence-corrected chi connectivity index (χ2v) is 5.65. The maximum atomic E-state index is 12.7. The molecule has 0 radical (unpaired) electrons. The molecule has 0 bridgehead atoms. The lowest BCUT2D eigenvalue weighted by molar-refractivity contribution is -0.137. The molecule has 19 heavy (non-hydrogen) atoms. The van der Waals surface area contributed by atoms with Gasteiger partial charge in [0, 0.05) is 29.0 Å². The Bertz CT molecular complexity index is 506. The summed E-state index contributed by atoms with van der Waals surface area (Å²) < 4.78 is 38.5. The number of carbonyl (C=O) groups is 1. The normalized spacial score (nSPS) is 20.2. The fourth-order valence-corrected chi connectivity index (χ4v) is 2.72. The van der Waals surface area contributed by atoms with Crippen molar-refractivity contribution >= 4 is 39.1 Å². The molecule has 104 valence electrons. The molecule has 0 saturated carbocycles. The van der Waals surface area contributed by atoms with Crippen molar-refractivity contribution in [3.8, 4) is 0 Å². The molecule has 1 unspecified atom stereocenters. The van der Waals surface area contributed by atoms with Crippen LogP contribution in [0, 0.1) is 5.92 Å². The minimum absolute atomic E-state index is 0.0116. The van der Waals surface area contributed by atoms with Gasteiger partial charge in [-0.2, -0.15) is 13.2 Å². The van der Waals surface area contributed by atoms with Crippen LogP contribution in [0.15, 0.2) is 22.7 Å². The quantitative estimate of drug-likeness (QED) is 0.732. The summed E-state index contributed by atoms with van der Waals surface area (Å²) in [6.45, 7) is 0.357. The Labute approximate surface area is 121 Å². The molecule has 1 aromatic rings.